The number of amides is 2. The van der Waals surface area contributed by atoms with Gasteiger partial charge in [0.25, 0.3) is 0 Å². The molecule has 3 rings (SSSR count). The number of aromatic nitrogens is 1. The van der Waals surface area contributed by atoms with Crippen LogP contribution < -0.4 is 4.74 Å². The van der Waals surface area contributed by atoms with Crippen LogP contribution in [0.25, 0.3) is 6.08 Å². The van der Waals surface area contributed by atoms with E-state index in [0.29, 0.717) is 43.2 Å². The van der Waals surface area contributed by atoms with E-state index >= 15 is 0 Å². The van der Waals surface area contributed by atoms with Crippen LogP contribution in [0.2, 0.25) is 0 Å². The Balaban J connectivity index is 1.49. The smallest absolute Gasteiger partial charge is 0.387 e. The maximum atomic E-state index is 12.5. The van der Waals surface area contributed by atoms with Gasteiger partial charge in [-0.15, -0.1) is 0 Å². The van der Waals surface area contributed by atoms with Crippen LogP contribution in [0.4, 0.5) is 8.78 Å². The van der Waals surface area contributed by atoms with Gasteiger partial charge in [0.15, 0.2) is 0 Å². The first-order chi connectivity index (χ1) is 14.3. The molecule has 0 atom stereocenters. The monoisotopic (exact) mass is 419 g/mol. The maximum absolute atomic E-state index is 12.5. The molecule has 0 unspecified atom stereocenters. The number of aryl methyl sites for hydroxylation is 2. The minimum Gasteiger partial charge on any atom is -0.435 e. The third-order valence-electron chi connectivity index (χ3n) is 4.98. The SMILES string of the molecule is Cc1noc(C)c1CC(=O)N1CCN(C(=O)/C=C/c2ccc(OC(F)F)cc2)CC1. The Labute approximate surface area is 172 Å². The maximum Gasteiger partial charge on any atom is 0.387 e. The third kappa shape index (κ3) is 5.43. The van der Waals surface area contributed by atoms with Crippen LogP contribution in [-0.4, -0.2) is 59.6 Å². The first kappa shape index (κ1) is 21.5. The average Bonchev–Trinajstić information content (AvgIpc) is 3.04. The van der Waals surface area contributed by atoms with Gasteiger partial charge in [-0.2, -0.15) is 8.78 Å². The van der Waals surface area contributed by atoms with E-state index in [1.54, 1.807) is 41.9 Å². The van der Waals surface area contributed by atoms with Crippen LogP contribution in [-0.2, 0) is 16.0 Å². The molecule has 7 nitrogen and oxygen atoms in total. The summed E-state index contributed by atoms with van der Waals surface area (Å²) >= 11 is 0. The number of carbonyl (C=O) groups is 2. The molecule has 2 amide bonds. The number of alkyl halides is 2. The second-order valence-electron chi connectivity index (χ2n) is 6.97. The van der Waals surface area contributed by atoms with Gasteiger partial charge < -0.3 is 19.1 Å². The topological polar surface area (TPSA) is 75.9 Å². The zero-order valence-electron chi connectivity index (χ0n) is 16.8. The molecule has 9 heteroatoms. The molecular weight excluding hydrogens is 396 g/mol. The highest BCUT2D eigenvalue weighted by molar-refractivity contribution is 5.92. The molecule has 0 spiro atoms. The molecule has 1 aliphatic heterocycles. The first-order valence-electron chi connectivity index (χ1n) is 9.55. The van der Waals surface area contributed by atoms with E-state index in [0.717, 1.165) is 5.56 Å². The fraction of sp³-hybridized carbons (Fsp3) is 0.381. The molecule has 1 aliphatic rings. The molecule has 1 fully saturated rings. The van der Waals surface area contributed by atoms with Crippen molar-refractivity contribution < 1.29 is 27.6 Å². The summed E-state index contributed by atoms with van der Waals surface area (Å²) in [5.74, 6) is 0.526. The Morgan fingerprint density at radius 1 is 1.13 bits per heavy atom. The van der Waals surface area contributed by atoms with Gasteiger partial charge in [-0.05, 0) is 37.6 Å². The van der Waals surface area contributed by atoms with Crippen molar-refractivity contribution in [1.29, 1.82) is 0 Å². The van der Waals surface area contributed by atoms with Crippen LogP contribution >= 0.6 is 0 Å². The number of halogens is 2. The summed E-state index contributed by atoms with van der Waals surface area (Å²) in [6.07, 6.45) is 3.29. The summed E-state index contributed by atoms with van der Waals surface area (Å²) in [6.45, 7) is 2.52. The molecule has 0 N–H and O–H groups in total. The summed E-state index contributed by atoms with van der Waals surface area (Å²) in [4.78, 5) is 28.3. The van der Waals surface area contributed by atoms with E-state index in [9.17, 15) is 18.4 Å². The fourth-order valence-corrected chi connectivity index (χ4v) is 3.23. The standard InChI is InChI=1S/C21H23F2N3O4/c1-14-18(15(2)30-24-14)13-20(28)26-11-9-25(10-12-26)19(27)8-5-16-3-6-17(7-4-16)29-21(22)23/h3-8,21H,9-13H2,1-2H3/b8-5+. The normalized spacial score (nSPS) is 14.6. The van der Waals surface area contributed by atoms with Crippen molar-refractivity contribution in [2.45, 2.75) is 26.9 Å². The van der Waals surface area contributed by atoms with E-state index in [1.165, 1.54) is 18.2 Å². The van der Waals surface area contributed by atoms with Crippen LogP contribution in [0.3, 0.4) is 0 Å². The number of rotatable bonds is 6. The lowest BCUT2D eigenvalue weighted by atomic mass is 10.1. The van der Waals surface area contributed by atoms with Crippen molar-refractivity contribution in [1.82, 2.24) is 15.0 Å². The molecule has 0 bridgehead atoms. The quantitative estimate of drug-likeness (QED) is 0.673. The average molecular weight is 419 g/mol. The van der Waals surface area contributed by atoms with E-state index in [4.69, 9.17) is 4.52 Å². The highest BCUT2D eigenvalue weighted by Gasteiger charge is 2.24. The number of nitrogens with zero attached hydrogens (tertiary/aromatic N) is 3. The van der Waals surface area contributed by atoms with E-state index < -0.39 is 6.61 Å². The molecule has 1 aromatic heterocycles. The van der Waals surface area contributed by atoms with Gasteiger partial charge in [0.05, 0.1) is 12.1 Å². The Morgan fingerprint density at radius 2 is 1.77 bits per heavy atom. The van der Waals surface area contributed by atoms with Crippen molar-refractivity contribution in [3.8, 4) is 5.75 Å². The van der Waals surface area contributed by atoms with Gasteiger partial charge in [0.1, 0.15) is 11.5 Å². The molecule has 0 saturated carbocycles. The Bertz CT molecular complexity index is 897. The summed E-state index contributed by atoms with van der Waals surface area (Å²) in [7, 11) is 0. The lowest BCUT2D eigenvalue weighted by Gasteiger charge is -2.34. The molecule has 0 radical (unpaired) electrons. The lowest BCUT2D eigenvalue weighted by molar-refractivity contribution is -0.136. The zero-order valence-corrected chi connectivity index (χ0v) is 16.8. The predicted octanol–water partition coefficient (Wildman–Crippen LogP) is 2.82. The summed E-state index contributed by atoms with van der Waals surface area (Å²) in [5, 5.41) is 3.87. The molecule has 2 heterocycles. The number of hydrogen-bond donors (Lipinski definition) is 0. The van der Waals surface area contributed by atoms with Gasteiger partial charge >= 0.3 is 6.61 Å². The zero-order chi connectivity index (χ0) is 21.7. The largest absolute Gasteiger partial charge is 0.435 e. The van der Waals surface area contributed by atoms with Crippen LogP contribution in [0, 0.1) is 13.8 Å². The number of carbonyl (C=O) groups excluding carboxylic acids is 2. The summed E-state index contributed by atoms with van der Waals surface area (Å²) < 4.78 is 33.7. The second-order valence-corrected chi connectivity index (χ2v) is 6.97. The first-order valence-corrected chi connectivity index (χ1v) is 9.55. The van der Waals surface area contributed by atoms with Gasteiger partial charge in [0, 0.05) is 37.8 Å². The lowest BCUT2D eigenvalue weighted by Crippen LogP contribution is -2.50. The van der Waals surface area contributed by atoms with Crippen molar-refractivity contribution in [3.05, 3.63) is 52.9 Å². The van der Waals surface area contributed by atoms with Gasteiger partial charge in [0.2, 0.25) is 11.8 Å². The molecule has 1 saturated heterocycles. The predicted molar refractivity (Wildman–Crippen MR) is 105 cm³/mol. The number of ether oxygens (including phenoxy) is 1. The van der Waals surface area contributed by atoms with Gasteiger partial charge in [-0.1, -0.05) is 17.3 Å². The number of piperazine rings is 1. The summed E-state index contributed by atoms with van der Waals surface area (Å²) in [6, 6.07) is 6.01. The highest BCUT2D eigenvalue weighted by Crippen LogP contribution is 2.17. The molecule has 160 valence electrons. The van der Waals surface area contributed by atoms with Crippen LogP contribution in [0.1, 0.15) is 22.6 Å². The van der Waals surface area contributed by atoms with Crippen molar-refractivity contribution in [2.24, 2.45) is 0 Å². The minimum absolute atomic E-state index is 0.0156. The number of hydrogen-bond acceptors (Lipinski definition) is 5. The molecular formula is C21H23F2N3O4. The minimum atomic E-state index is -2.87. The van der Waals surface area contributed by atoms with Crippen molar-refractivity contribution >= 4 is 17.9 Å². The Morgan fingerprint density at radius 3 is 2.33 bits per heavy atom. The van der Waals surface area contributed by atoms with E-state index in [1.807, 2.05) is 0 Å². The molecule has 2 aromatic rings. The van der Waals surface area contributed by atoms with E-state index in [2.05, 4.69) is 9.89 Å². The van der Waals surface area contributed by atoms with Gasteiger partial charge in [-0.25, -0.2) is 0 Å². The van der Waals surface area contributed by atoms with Crippen molar-refractivity contribution in [2.75, 3.05) is 26.2 Å². The molecule has 0 aliphatic carbocycles. The third-order valence-corrected chi connectivity index (χ3v) is 4.98. The van der Waals surface area contributed by atoms with Crippen molar-refractivity contribution in [3.63, 3.8) is 0 Å². The molecule has 30 heavy (non-hydrogen) atoms. The van der Waals surface area contributed by atoms with E-state index in [-0.39, 0.29) is 24.0 Å². The second kappa shape index (κ2) is 9.51. The fourth-order valence-electron chi connectivity index (χ4n) is 3.23. The Hall–Kier alpha value is -3.23. The molecule has 1 aromatic carbocycles. The Kier molecular flexibility index (Phi) is 6.81. The van der Waals surface area contributed by atoms with Crippen LogP contribution in [0.5, 0.6) is 5.75 Å². The number of benzene rings is 1. The highest BCUT2D eigenvalue weighted by atomic mass is 19.3. The summed E-state index contributed by atoms with van der Waals surface area (Å²) in [5.41, 5.74) is 2.22. The van der Waals surface area contributed by atoms with Gasteiger partial charge in [-0.3, -0.25) is 9.59 Å². The van der Waals surface area contributed by atoms with Crippen LogP contribution in [0.15, 0.2) is 34.9 Å².